The lowest BCUT2D eigenvalue weighted by Gasteiger charge is -2.22. The Bertz CT molecular complexity index is 1290. The fourth-order valence-electron chi connectivity index (χ4n) is 4.10. The number of amides is 1. The van der Waals surface area contributed by atoms with Gasteiger partial charge in [-0.2, -0.15) is 0 Å². The minimum absolute atomic E-state index is 0.0775. The molecule has 2 aromatic heterocycles. The summed E-state index contributed by atoms with van der Waals surface area (Å²) in [6, 6.07) is 19.1. The molecule has 6 nitrogen and oxygen atoms in total. The van der Waals surface area contributed by atoms with Crippen molar-refractivity contribution >= 4 is 34.1 Å². The lowest BCUT2D eigenvalue weighted by atomic mass is 10.1. The van der Waals surface area contributed by atoms with Crippen molar-refractivity contribution in [3.63, 3.8) is 0 Å². The second-order valence-corrected chi connectivity index (χ2v) is 9.01. The maximum atomic E-state index is 13.5. The molecule has 1 N–H and O–H groups in total. The molecular weight excluding hydrogens is 420 g/mol. The molecule has 3 heterocycles. The summed E-state index contributed by atoms with van der Waals surface area (Å²) in [4.78, 5) is 34.3. The Hall–Kier alpha value is -3.45. The van der Waals surface area contributed by atoms with Gasteiger partial charge in [0.15, 0.2) is 0 Å². The van der Waals surface area contributed by atoms with Crippen molar-refractivity contribution in [2.75, 3.05) is 18.0 Å². The first-order chi connectivity index (χ1) is 15.7. The first-order valence-corrected chi connectivity index (χ1v) is 11.7. The summed E-state index contributed by atoms with van der Waals surface area (Å²) in [5.74, 6) is 0.512. The number of hydrogen-bond acceptors (Lipinski definition) is 5. The molecule has 32 heavy (non-hydrogen) atoms. The first kappa shape index (κ1) is 20.5. The van der Waals surface area contributed by atoms with E-state index in [0.29, 0.717) is 35.5 Å². The lowest BCUT2D eigenvalue weighted by molar-refractivity contribution is 0.0951. The normalized spacial score (nSPS) is 13.6. The van der Waals surface area contributed by atoms with Gasteiger partial charge in [-0.1, -0.05) is 36.4 Å². The maximum absolute atomic E-state index is 13.5. The number of aromatic nitrogens is 2. The smallest absolute Gasteiger partial charge is 0.263 e. The van der Waals surface area contributed by atoms with Crippen LogP contribution in [-0.2, 0) is 13.1 Å². The van der Waals surface area contributed by atoms with Crippen molar-refractivity contribution in [1.29, 1.82) is 0 Å². The SMILES string of the molecule is O=C(NCc1cccs1)c1ccc2c(=O)n(Cc3ccccc3)c(N3CCCC3)nc2c1. The van der Waals surface area contributed by atoms with Gasteiger partial charge in [0, 0.05) is 23.5 Å². The zero-order valence-electron chi connectivity index (χ0n) is 17.7. The maximum Gasteiger partial charge on any atom is 0.263 e. The van der Waals surface area contributed by atoms with Crippen molar-refractivity contribution < 1.29 is 4.79 Å². The molecule has 1 fully saturated rings. The number of nitrogens with one attached hydrogen (secondary N) is 1. The van der Waals surface area contributed by atoms with Crippen LogP contribution in [0.25, 0.3) is 10.9 Å². The van der Waals surface area contributed by atoms with Crippen LogP contribution >= 0.6 is 11.3 Å². The van der Waals surface area contributed by atoms with Gasteiger partial charge in [-0.05, 0) is 48.1 Å². The predicted octanol–water partition coefficient (Wildman–Crippen LogP) is 4.04. The molecule has 0 aliphatic carbocycles. The Morgan fingerprint density at radius 3 is 2.59 bits per heavy atom. The lowest BCUT2D eigenvalue weighted by Crippen LogP contribution is -2.31. The van der Waals surface area contributed by atoms with Gasteiger partial charge in [0.25, 0.3) is 11.5 Å². The van der Waals surface area contributed by atoms with Crippen LogP contribution in [0.15, 0.2) is 70.8 Å². The van der Waals surface area contributed by atoms with Crippen molar-refractivity contribution in [3.05, 3.63) is 92.4 Å². The average molecular weight is 445 g/mol. The summed E-state index contributed by atoms with van der Waals surface area (Å²) < 4.78 is 1.76. The van der Waals surface area contributed by atoms with E-state index < -0.39 is 0 Å². The number of thiophene rings is 1. The van der Waals surface area contributed by atoms with Gasteiger partial charge < -0.3 is 10.2 Å². The molecule has 1 amide bonds. The highest BCUT2D eigenvalue weighted by molar-refractivity contribution is 7.09. The quantitative estimate of drug-likeness (QED) is 0.488. The monoisotopic (exact) mass is 444 g/mol. The van der Waals surface area contributed by atoms with Gasteiger partial charge in [0.05, 0.1) is 24.0 Å². The van der Waals surface area contributed by atoms with Gasteiger partial charge in [-0.15, -0.1) is 11.3 Å². The fraction of sp³-hybridized carbons (Fsp3) is 0.240. The molecule has 0 saturated carbocycles. The van der Waals surface area contributed by atoms with Crippen LogP contribution < -0.4 is 15.8 Å². The zero-order chi connectivity index (χ0) is 21.9. The molecule has 0 atom stereocenters. The summed E-state index contributed by atoms with van der Waals surface area (Å²) in [5.41, 5.74) is 2.05. The van der Waals surface area contributed by atoms with E-state index in [0.717, 1.165) is 36.4 Å². The molecule has 5 rings (SSSR count). The van der Waals surface area contributed by atoms with Crippen LogP contribution in [0.1, 0.15) is 33.6 Å². The molecule has 0 bridgehead atoms. The number of carbonyl (C=O) groups is 1. The highest BCUT2D eigenvalue weighted by atomic mass is 32.1. The number of nitrogens with zero attached hydrogens (tertiary/aromatic N) is 3. The number of benzene rings is 2. The molecule has 162 valence electrons. The van der Waals surface area contributed by atoms with Crippen LogP contribution in [0.3, 0.4) is 0 Å². The Balaban J connectivity index is 1.52. The van der Waals surface area contributed by atoms with E-state index in [9.17, 15) is 9.59 Å². The largest absolute Gasteiger partial charge is 0.347 e. The van der Waals surface area contributed by atoms with Crippen molar-refractivity contribution in [1.82, 2.24) is 14.9 Å². The number of fused-ring (bicyclic) bond motifs is 1. The number of rotatable bonds is 6. The standard InChI is InChI=1S/C25H24N4O2S/c30-23(26-16-20-9-6-14-32-20)19-10-11-21-22(15-19)27-25(28-12-4-5-13-28)29(24(21)31)17-18-7-2-1-3-8-18/h1-3,6-11,14-15H,4-5,12-13,16-17H2,(H,26,30). The first-order valence-electron chi connectivity index (χ1n) is 10.8. The zero-order valence-corrected chi connectivity index (χ0v) is 18.5. The highest BCUT2D eigenvalue weighted by Crippen LogP contribution is 2.21. The van der Waals surface area contributed by atoms with Gasteiger partial charge in [-0.3, -0.25) is 14.2 Å². The summed E-state index contributed by atoms with van der Waals surface area (Å²) in [6.45, 7) is 2.72. The highest BCUT2D eigenvalue weighted by Gasteiger charge is 2.21. The number of carbonyl (C=O) groups excluding carboxylic acids is 1. The molecule has 2 aromatic carbocycles. The average Bonchev–Trinajstić information content (AvgIpc) is 3.54. The summed E-state index contributed by atoms with van der Waals surface area (Å²) in [5, 5.41) is 5.46. The topological polar surface area (TPSA) is 67.2 Å². The Morgan fingerprint density at radius 2 is 1.84 bits per heavy atom. The van der Waals surface area contributed by atoms with Crippen LogP contribution in [0.4, 0.5) is 5.95 Å². The fourth-order valence-corrected chi connectivity index (χ4v) is 4.74. The minimum atomic E-state index is -0.168. The third-order valence-electron chi connectivity index (χ3n) is 5.77. The van der Waals surface area contributed by atoms with E-state index in [1.165, 1.54) is 0 Å². The molecule has 0 radical (unpaired) electrons. The molecule has 0 spiro atoms. The molecular formula is C25H24N4O2S. The molecule has 1 aliphatic heterocycles. The van der Waals surface area contributed by atoms with Gasteiger partial charge >= 0.3 is 0 Å². The van der Waals surface area contributed by atoms with Crippen molar-refractivity contribution in [2.45, 2.75) is 25.9 Å². The number of hydrogen-bond donors (Lipinski definition) is 1. The van der Waals surface area contributed by atoms with Gasteiger partial charge in [-0.25, -0.2) is 4.98 Å². The van der Waals surface area contributed by atoms with E-state index in [2.05, 4.69) is 10.2 Å². The Morgan fingerprint density at radius 1 is 1.03 bits per heavy atom. The Labute approximate surface area is 190 Å². The molecule has 4 aromatic rings. The second kappa shape index (κ2) is 8.96. The predicted molar refractivity (Wildman–Crippen MR) is 128 cm³/mol. The van der Waals surface area contributed by atoms with E-state index in [1.807, 2.05) is 47.8 Å². The number of anilines is 1. The van der Waals surface area contributed by atoms with E-state index in [-0.39, 0.29) is 11.5 Å². The van der Waals surface area contributed by atoms with Crippen molar-refractivity contribution in [2.24, 2.45) is 0 Å². The van der Waals surface area contributed by atoms with Gasteiger partial charge in [0.2, 0.25) is 5.95 Å². The third-order valence-corrected chi connectivity index (χ3v) is 6.65. The van der Waals surface area contributed by atoms with E-state index in [1.54, 1.807) is 34.1 Å². The van der Waals surface area contributed by atoms with E-state index >= 15 is 0 Å². The molecule has 0 unspecified atom stereocenters. The summed E-state index contributed by atoms with van der Waals surface area (Å²) in [7, 11) is 0. The van der Waals surface area contributed by atoms with Crippen LogP contribution in [0.2, 0.25) is 0 Å². The second-order valence-electron chi connectivity index (χ2n) is 7.98. The van der Waals surface area contributed by atoms with Crippen LogP contribution in [0.5, 0.6) is 0 Å². The Kier molecular flexibility index (Phi) is 5.73. The van der Waals surface area contributed by atoms with Crippen LogP contribution in [0, 0.1) is 0 Å². The van der Waals surface area contributed by atoms with Crippen LogP contribution in [-0.4, -0.2) is 28.5 Å². The summed E-state index contributed by atoms with van der Waals surface area (Å²) in [6.07, 6.45) is 2.18. The summed E-state index contributed by atoms with van der Waals surface area (Å²) >= 11 is 1.61. The minimum Gasteiger partial charge on any atom is -0.347 e. The van der Waals surface area contributed by atoms with Crippen molar-refractivity contribution in [3.8, 4) is 0 Å². The van der Waals surface area contributed by atoms with E-state index in [4.69, 9.17) is 4.98 Å². The molecule has 7 heteroatoms. The third kappa shape index (κ3) is 4.16. The van der Waals surface area contributed by atoms with Gasteiger partial charge in [0.1, 0.15) is 0 Å². The molecule has 1 aliphatic rings. The molecule has 1 saturated heterocycles.